The van der Waals surface area contributed by atoms with Crippen LogP contribution in [0.15, 0.2) is 24.5 Å². The largest absolute Gasteiger partial charge is 0.489 e. The fourth-order valence-corrected chi connectivity index (χ4v) is 3.92. The second-order valence-electron chi connectivity index (χ2n) is 7.14. The van der Waals surface area contributed by atoms with Gasteiger partial charge in [0, 0.05) is 43.5 Å². The number of hydrogen-bond acceptors (Lipinski definition) is 5. The predicted octanol–water partition coefficient (Wildman–Crippen LogP) is 2.05. The molecule has 2 aliphatic heterocycles. The molecule has 4 rings (SSSR count). The van der Waals surface area contributed by atoms with Crippen molar-refractivity contribution in [1.29, 1.82) is 0 Å². The maximum Gasteiger partial charge on any atom is 0.209 e. The molecular formula is C19H24N4O2. The lowest BCUT2D eigenvalue weighted by Gasteiger charge is -2.29. The highest BCUT2D eigenvalue weighted by Gasteiger charge is 2.24. The molecule has 0 N–H and O–H groups in total. The summed E-state index contributed by atoms with van der Waals surface area (Å²) in [5.74, 6) is 1.27. The van der Waals surface area contributed by atoms with Gasteiger partial charge in [-0.05, 0) is 38.4 Å². The van der Waals surface area contributed by atoms with Crippen molar-refractivity contribution in [3.8, 4) is 5.75 Å². The molecule has 0 bridgehead atoms. The molecule has 2 fully saturated rings. The molecule has 2 saturated heterocycles. The Labute approximate surface area is 147 Å². The molecule has 3 heterocycles. The van der Waals surface area contributed by atoms with Gasteiger partial charge in [0.15, 0.2) is 0 Å². The summed E-state index contributed by atoms with van der Waals surface area (Å²) < 4.78 is 6.12. The van der Waals surface area contributed by atoms with Crippen molar-refractivity contribution in [2.45, 2.75) is 31.3 Å². The average molecular weight is 340 g/mol. The first-order valence-corrected chi connectivity index (χ1v) is 9.02. The van der Waals surface area contributed by atoms with Crippen LogP contribution in [0.25, 0.3) is 10.9 Å². The Kier molecular flexibility index (Phi) is 4.53. The highest BCUT2D eigenvalue weighted by molar-refractivity contribution is 5.82. The highest BCUT2D eigenvalue weighted by Crippen LogP contribution is 2.32. The first kappa shape index (κ1) is 16.3. The summed E-state index contributed by atoms with van der Waals surface area (Å²) in [6, 6.07) is 6.15. The van der Waals surface area contributed by atoms with Crippen molar-refractivity contribution in [1.82, 2.24) is 19.8 Å². The summed E-state index contributed by atoms with van der Waals surface area (Å²) in [4.78, 5) is 24.0. The van der Waals surface area contributed by atoms with E-state index < -0.39 is 0 Å². The first-order chi connectivity index (χ1) is 12.2. The number of likely N-dealkylation sites (N-methyl/N-ethyl adjacent to an activating group) is 1. The van der Waals surface area contributed by atoms with Crippen molar-refractivity contribution >= 4 is 17.3 Å². The SMILES string of the molecule is CN1CCC(Oc2ccc3c(C4CCN(C=O)CC4)ncnc3c2)C1. The second kappa shape index (κ2) is 6.96. The van der Waals surface area contributed by atoms with Crippen molar-refractivity contribution < 1.29 is 9.53 Å². The van der Waals surface area contributed by atoms with E-state index in [1.807, 2.05) is 17.0 Å². The van der Waals surface area contributed by atoms with Crippen molar-refractivity contribution in [2.75, 3.05) is 33.2 Å². The van der Waals surface area contributed by atoms with E-state index in [-0.39, 0.29) is 6.10 Å². The third kappa shape index (κ3) is 3.44. The number of ether oxygens (including phenoxy) is 1. The van der Waals surface area contributed by atoms with Crippen molar-refractivity contribution in [2.24, 2.45) is 0 Å². The number of benzene rings is 1. The third-order valence-corrected chi connectivity index (χ3v) is 5.35. The van der Waals surface area contributed by atoms with Gasteiger partial charge in [-0.1, -0.05) is 0 Å². The molecule has 2 aromatic rings. The maximum absolute atomic E-state index is 10.9. The smallest absolute Gasteiger partial charge is 0.209 e. The van der Waals surface area contributed by atoms with Crippen LogP contribution in [0.4, 0.5) is 0 Å². The van der Waals surface area contributed by atoms with Crippen LogP contribution < -0.4 is 4.74 Å². The van der Waals surface area contributed by atoms with Gasteiger partial charge in [0.2, 0.25) is 6.41 Å². The van der Waals surface area contributed by atoms with Gasteiger partial charge in [-0.2, -0.15) is 0 Å². The molecule has 6 heteroatoms. The summed E-state index contributed by atoms with van der Waals surface area (Å²) in [5.41, 5.74) is 2.04. The fraction of sp³-hybridized carbons (Fsp3) is 0.526. The van der Waals surface area contributed by atoms with Crippen LogP contribution in [0.2, 0.25) is 0 Å². The van der Waals surface area contributed by atoms with Gasteiger partial charge in [-0.25, -0.2) is 9.97 Å². The average Bonchev–Trinajstić information content (AvgIpc) is 3.06. The van der Waals surface area contributed by atoms with E-state index in [1.54, 1.807) is 6.33 Å². The minimum atomic E-state index is 0.261. The molecule has 132 valence electrons. The number of amides is 1. The molecule has 1 aromatic heterocycles. The number of aromatic nitrogens is 2. The summed E-state index contributed by atoms with van der Waals surface area (Å²) in [6.07, 6.45) is 5.83. The molecule has 6 nitrogen and oxygen atoms in total. The van der Waals surface area contributed by atoms with Crippen LogP contribution >= 0.6 is 0 Å². The normalized spacial score (nSPS) is 22.4. The Hall–Kier alpha value is -2.21. The number of piperidine rings is 1. The zero-order valence-electron chi connectivity index (χ0n) is 14.6. The quantitative estimate of drug-likeness (QED) is 0.797. The van der Waals surface area contributed by atoms with Crippen LogP contribution in [-0.2, 0) is 4.79 Å². The van der Waals surface area contributed by atoms with E-state index >= 15 is 0 Å². The standard InChI is InChI=1S/C19H24N4O2/c1-22-7-6-16(11-22)25-15-2-3-17-18(10-15)20-12-21-19(17)14-4-8-23(13-24)9-5-14/h2-3,10,12-14,16H,4-9,11H2,1H3. The number of hydrogen-bond donors (Lipinski definition) is 0. The van der Waals surface area contributed by atoms with Crippen LogP contribution in [-0.4, -0.2) is 65.5 Å². The lowest BCUT2D eigenvalue weighted by atomic mass is 9.91. The third-order valence-electron chi connectivity index (χ3n) is 5.35. The van der Waals surface area contributed by atoms with Gasteiger partial charge in [0.1, 0.15) is 18.2 Å². The molecule has 2 aliphatic rings. The second-order valence-corrected chi connectivity index (χ2v) is 7.14. The molecule has 0 aliphatic carbocycles. The zero-order chi connectivity index (χ0) is 17.2. The molecule has 0 spiro atoms. The number of fused-ring (bicyclic) bond motifs is 1. The van der Waals surface area contributed by atoms with Crippen LogP contribution in [0.1, 0.15) is 30.9 Å². The Bertz CT molecular complexity index is 758. The summed E-state index contributed by atoms with van der Waals surface area (Å²) in [5, 5.41) is 1.10. The van der Waals surface area contributed by atoms with E-state index in [2.05, 4.69) is 28.0 Å². The summed E-state index contributed by atoms with van der Waals surface area (Å²) in [6.45, 7) is 3.67. The number of carbonyl (C=O) groups is 1. The van der Waals surface area contributed by atoms with E-state index in [4.69, 9.17) is 4.74 Å². The van der Waals surface area contributed by atoms with E-state index in [9.17, 15) is 4.79 Å². The topological polar surface area (TPSA) is 58.6 Å². The monoisotopic (exact) mass is 340 g/mol. The van der Waals surface area contributed by atoms with Crippen LogP contribution in [0.5, 0.6) is 5.75 Å². The Morgan fingerprint density at radius 2 is 2.00 bits per heavy atom. The van der Waals surface area contributed by atoms with Crippen LogP contribution in [0, 0.1) is 0 Å². The van der Waals surface area contributed by atoms with Gasteiger partial charge in [-0.3, -0.25) is 4.79 Å². The van der Waals surface area contributed by atoms with Gasteiger partial charge in [0.25, 0.3) is 0 Å². The molecule has 0 radical (unpaired) electrons. The lowest BCUT2D eigenvalue weighted by Crippen LogP contribution is -2.31. The molecule has 1 unspecified atom stereocenters. The highest BCUT2D eigenvalue weighted by atomic mass is 16.5. The number of rotatable bonds is 4. The Morgan fingerprint density at radius 3 is 2.72 bits per heavy atom. The molecule has 0 saturated carbocycles. The van der Waals surface area contributed by atoms with E-state index in [0.29, 0.717) is 5.92 Å². The lowest BCUT2D eigenvalue weighted by molar-refractivity contribution is -0.119. The van der Waals surface area contributed by atoms with Gasteiger partial charge in [0.05, 0.1) is 11.2 Å². The minimum Gasteiger partial charge on any atom is -0.489 e. The maximum atomic E-state index is 10.9. The van der Waals surface area contributed by atoms with Crippen molar-refractivity contribution in [3.63, 3.8) is 0 Å². The molecule has 25 heavy (non-hydrogen) atoms. The molecule has 1 atom stereocenters. The molecular weight excluding hydrogens is 316 g/mol. The molecule has 1 aromatic carbocycles. The number of carbonyl (C=O) groups excluding carboxylic acids is 1. The first-order valence-electron chi connectivity index (χ1n) is 9.02. The fourth-order valence-electron chi connectivity index (χ4n) is 3.92. The Morgan fingerprint density at radius 1 is 1.16 bits per heavy atom. The number of nitrogens with zero attached hydrogens (tertiary/aromatic N) is 4. The summed E-state index contributed by atoms with van der Waals surface area (Å²) in [7, 11) is 2.12. The van der Waals surface area contributed by atoms with E-state index in [0.717, 1.165) is 74.2 Å². The number of likely N-dealkylation sites (tertiary alicyclic amines) is 2. The zero-order valence-corrected chi connectivity index (χ0v) is 14.6. The van der Waals surface area contributed by atoms with E-state index in [1.165, 1.54) is 0 Å². The Balaban J connectivity index is 1.55. The van der Waals surface area contributed by atoms with Crippen molar-refractivity contribution in [3.05, 3.63) is 30.2 Å². The minimum absolute atomic E-state index is 0.261. The summed E-state index contributed by atoms with van der Waals surface area (Å²) >= 11 is 0. The molecule has 1 amide bonds. The van der Waals surface area contributed by atoms with Gasteiger partial charge >= 0.3 is 0 Å². The predicted molar refractivity (Wildman–Crippen MR) is 95.7 cm³/mol. The van der Waals surface area contributed by atoms with Gasteiger partial charge < -0.3 is 14.5 Å². The van der Waals surface area contributed by atoms with Crippen LogP contribution in [0.3, 0.4) is 0 Å². The van der Waals surface area contributed by atoms with Gasteiger partial charge in [-0.15, -0.1) is 0 Å².